The van der Waals surface area contributed by atoms with E-state index in [2.05, 4.69) is 18.1 Å². The molecule has 0 aliphatic rings. The summed E-state index contributed by atoms with van der Waals surface area (Å²) in [6.45, 7) is 8.93. The van der Waals surface area contributed by atoms with Crippen molar-refractivity contribution in [2.45, 2.75) is 12.5 Å². The molecule has 0 heterocycles. The maximum absolute atomic E-state index is 11.6. The molecule has 0 aliphatic carbocycles. The Hall–Kier alpha value is -1.87. The Morgan fingerprint density at radius 1 is 1.26 bits per heavy atom. The number of methoxy groups -OCH3 is 1. The van der Waals surface area contributed by atoms with Gasteiger partial charge in [-0.1, -0.05) is 42.5 Å². The molecule has 1 aromatic rings. The van der Waals surface area contributed by atoms with Crippen molar-refractivity contribution < 1.29 is 9.53 Å². The zero-order valence-electron chi connectivity index (χ0n) is 11.4. The molecule has 0 aliphatic heterocycles. The smallest absolute Gasteiger partial charge is 0.307 e. The summed E-state index contributed by atoms with van der Waals surface area (Å²) >= 11 is 0. The molecule has 3 nitrogen and oxygen atoms in total. The van der Waals surface area contributed by atoms with Crippen LogP contribution in [0.2, 0.25) is 0 Å². The Morgan fingerprint density at radius 3 is 2.32 bits per heavy atom. The second kappa shape index (κ2) is 8.27. The van der Waals surface area contributed by atoms with Crippen LogP contribution in [-0.4, -0.2) is 31.1 Å². The maximum Gasteiger partial charge on any atom is 0.307 e. The van der Waals surface area contributed by atoms with Crippen LogP contribution in [0.5, 0.6) is 0 Å². The van der Waals surface area contributed by atoms with E-state index in [-0.39, 0.29) is 12.0 Å². The van der Waals surface area contributed by atoms with Crippen LogP contribution in [0.15, 0.2) is 55.6 Å². The third-order valence-electron chi connectivity index (χ3n) is 2.94. The van der Waals surface area contributed by atoms with Gasteiger partial charge in [-0.2, -0.15) is 0 Å². The second-order valence-corrected chi connectivity index (χ2v) is 4.24. The molecule has 1 unspecified atom stereocenters. The number of ether oxygens (including phenoxy) is 1. The molecular formula is C16H21NO2. The SMILES string of the molecule is C=CCN(CC=C)C(CC(=O)OC)c1ccccc1. The fourth-order valence-corrected chi connectivity index (χ4v) is 2.03. The van der Waals surface area contributed by atoms with Crippen LogP contribution in [0.25, 0.3) is 0 Å². The molecule has 0 radical (unpaired) electrons. The summed E-state index contributed by atoms with van der Waals surface area (Å²) < 4.78 is 4.79. The summed E-state index contributed by atoms with van der Waals surface area (Å²) in [5.74, 6) is -0.216. The lowest BCUT2D eigenvalue weighted by Crippen LogP contribution is -2.31. The van der Waals surface area contributed by atoms with Gasteiger partial charge in [-0.25, -0.2) is 0 Å². The van der Waals surface area contributed by atoms with Gasteiger partial charge in [0.1, 0.15) is 0 Å². The van der Waals surface area contributed by atoms with Crippen LogP contribution in [0.4, 0.5) is 0 Å². The average molecular weight is 259 g/mol. The van der Waals surface area contributed by atoms with Crippen LogP contribution in [-0.2, 0) is 9.53 Å². The highest BCUT2D eigenvalue weighted by atomic mass is 16.5. The van der Waals surface area contributed by atoms with E-state index in [9.17, 15) is 4.79 Å². The average Bonchev–Trinajstić information content (AvgIpc) is 2.45. The van der Waals surface area contributed by atoms with E-state index in [0.29, 0.717) is 19.5 Å². The molecule has 0 fully saturated rings. The molecular weight excluding hydrogens is 238 g/mol. The monoisotopic (exact) mass is 259 g/mol. The van der Waals surface area contributed by atoms with E-state index in [1.807, 2.05) is 42.5 Å². The standard InChI is InChI=1S/C16H21NO2/c1-4-11-17(12-5-2)15(13-16(18)19-3)14-9-7-6-8-10-14/h4-10,15H,1-2,11-13H2,3H3. The van der Waals surface area contributed by atoms with Gasteiger partial charge in [0.25, 0.3) is 0 Å². The maximum atomic E-state index is 11.6. The van der Waals surface area contributed by atoms with E-state index in [4.69, 9.17) is 4.74 Å². The molecule has 3 heteroatoms. The topological polar surface area (TPSA) is 29.5 Å². The zero-order chi connectivity index (χ0) is 14.1. The lowest BCUT2D eigenvalue weighted by atomic mass is 10.0. The Labute approximate surface area is 115 Å². The van der Waals surface area contributed by atoms with Crippen molar-refractivity contribution >= 4 is 5.97 Å². The van der Waals surface area contributed by atoms with Gasteiger partial charge >= 0.3 is 5.97 Å². The van der Waals surface area contributed by atoms with Crippen LogP contribution in [0.1, 0.15) is 18.0 Å². The highest BCUT2D eigenvalue weighted by molar-refractivity contribution is 5.70. The Morgan fingerprint density at radius 2 is 1.84 bits per heavy atom. The largest absolute Gasteiger partial charge is 0.469 e. The quantitative estimate of drug-likeness (QED) is 0.531. The summed E-state index contributed by atoms with van der Waals surface area (Å²) in [6, 6.07) is 9.92. The van der Waals surface area contributed by atoms with Gasteiger partial charge in [-0.15, -0.1) is 13.2 Å². The van der Waals surface area contributed by atoms with Crippen molar-refractivity contribution in [2.75, 3.05) is 20.2 Å². The first-order valence-electron chi connectivity index (χ1n) is 6.30. The van der Waals surface area contributed by atoms with Crippen molar-refractivity contribution in [1.29, 1.82) is 0 Å². The third-order valence-corrected chi connectivity index (χ3v) is 2.94. The minimum atomic E-state index is -0.216. The van der Waals surface area contributed by atoms with Gasteiger partial charge in [0.15, 0.2) is 0 Å². The lowest BCUT2D eigenvalue weighted by molar-refractivity contribution is -0.142. The zero-order valence-corrected chi connectivity index (χ0v) is 11.4. The van der Waals surface area contributed by atoms with Crippen LogP contribution in [0, 0.1) is 0 Å². The van der Waals surface area contributed by atoms with Crippen molar-refractivity contribution in [2.24, 2.45) is 0 Å². The number of carbonyl (C=O) groups excluding carboxylic acids is 1. The van der Waals surface area contributed by atoms with E-state index in [1.165, 1.54) is 7.11 Å². The number of benzene rings is 1. The molecule has 0 aromatic heterocycles. The van der Waals surface area contributed by atoms with Gasteiger partial charge in [0.2, 0.25) is 0 Å². The number of carbonyl (C=O) groups is 1. The van der Waals surface area contributed by atoms with Crippen molar-refractivity contribution in [3.05, 3.63) is 61.2 Å². The molecule has 1 rings (SSSR count). The van der Waals surface area contributed by atoms with E-state index in [1.54, 1.807) is 0 Å². The Bertz CT molecular complexity index is 404. The molecule has 0 bridgehead atoms. The first kappa shape index (κ1) is 15.2. The molecule has 102 valence electrons. The van der Waals surface area contributed by atoms with Gasteiger partial charge in [-0.05, 0) is 5.56 Å². The fraction of sp³-hybridized carbons (Fsp3) is 0.312. The van der Waals surface area contributed by atoms with E-state index < -0.39 is 0 Å². The molecule has 19 heavy (non-hydrogen) atoms. The third kappa shape index (κ3) is 4.72. The number of esters is 1. The number of nitrogens with zero attached hydrogens (tertiary/aromatic N) is 1. The highest BCUT2D eigenvalue weighted by Crippen LogP contribution is 2.24. The number of hydrogen-bond donors (Lipinski definition) is 0. The molecule has 0 saturated heterocycles. The predicted octanol–water partition coefficient (Wildman–Crippen LogP) is 2.96. The number of rotatable bonds is 8. The molecule has 0 saturated carbocycles. The van der Waals surface area contributed by atoms with Crippen LogP contribution < -0.4 is 0 Å². The van der Waals surface area contributed by atoms with Gasteiger partial charge in [-0.3, -0.25) is 9.69 Å². The van der Waals surface area contributed by atoms with Gasteiger partial charge in [0, 0.05) is 19.1 Å². The van der Waals surface area contributed by atoms with Crippen molar-refractivity contribution in [3.63, 3.8) is 0 Å². The summed E-state index contributed by atoms with van der Waals surface area (Å²) in [6.07, 6.45) is 3.98. The Kier molecular flexibility index (Phi) is 6.61. The first-order valence-corrected chi connectivity index (χ1v) is 6.30. The summed E-state index contributed by atoms with van der Waals surface area (Å²) in [7, 11) is 1.41. The normalized spacial score (nSPS) is 11.9. The summed E-state index contributed by atoms with van der Waals surface area (Å²) in [5.41, 5.74) is 1.09. The van der Waals surface area contributed by atoms with E-state index in [0.717, 1.165) is 5.56 Å². The minimum absolute atomic E-state index is 0.0235. The highest BCUT2D eigenvalue weighted by Gasteiger charge is 2.22. The van der Waals surface area contributed by atoms with Gasteiger partial charge in [0.05, 0.1) is 13.5 Å². The van der Waals surface area contributed by atoms with Crippen LogP contribution in [0.3, 0.4) is 0 Å². The van der Waals surface area contributed by atoms with Crippen LogP contribution >= 0.6 is 0 Å². The second-order valence-electron chi connectivity index (χ2n) is 4.24. The fourth-order valence-electron chi connectivity index (χ4n) is 2.03. The predicted molar refractivity (Wildman–Crippen MR) is 77.8 cm³/mol. The van der Waals surface area contributed by atoms with E-state index >= 15 is 0 Å². The Balaban J connectivity index is 2.98. The van der Waals surface area contributed by atoms with Crippen molar-refractivity contribution in [3.8, 4) is 0 Å². The summed E-state index contributed by atoms with van der Waals surface area (Å²) in [4.78, 5) is 13.8. The summed E-state index contributed by atoms with van der Waals surface area (Å²) in [5, 5.41) is 0. The lowest BCUT2D eigenvalue weighted by Gasteiger charge is -2.29. The molecule has 0 spiro atoms. The number of hydrogen-bond acceptors (Lipinski definition) is 3. The molecule has 1 atom stereocenters. The molecule has 0 amide bonds. The molecule has 0 N–H and O–H groups in total. The first-order chi connectivity index (χ1) is 9.22. The minimum Gasteiger partial charge on any atom is -0.469 e. The van der Waals surface area contributed by atoms with Crippen molar-refractivity contribution in [1.82, 2.24) is 4.90 Å². The van der Waals surface area contributed by atoms with Gasteiger partial charge < -0.3 is 4.74 Å². The molecule has 1 aromatic carbocycles.